The first-order valence-corrected chi connectivity index (χ1v) is 11.4. The third-order valence-corrected chi connectivity index (χ3v) is 4.87. The van der Waals surface area contributed by atoms with E-state index in [9.17, 15) is 0 Å². The predicted octanol–water partition coefficient (Wildman–Crippen LogP) is 8.10. The summed E-state index contributed by atoms with van der Waals surface area (Å²) >= 11 is 0. The summed E-state index contributed by atoms with van der Waals surface area (Å²) in [6.45, 7) is 3.11. The smallest absolute Gasteiger partial charge is 0.00772 e. The molecule has 0 rings (SSSR count). The summed E-state index contributed by atoms with van der Waals surface area (Å²) in [7, 11) is 0. The minimum atomic E-state index is 0.837. The molecule has 148 valence electrons. The van der Waals surface area contributed by atoms with Gasteiger partial charge in [-0.1, -0.05) is 89.0 Å². The number of unbranched alkanes of at least 4 members (excludes halogenated alkanes) is 15. The summed E-state index contributed by atoms with van der Waals surface area (Å²) in [5, 5.41) is 0. The van der Waals surface area contributed by atoms with E-state index < -0.39 is 0 Å². The van der Waals surface area contributed by atoms with Crippen LogP contribution in [0.2, 0.25) is 0 Å². The minimum Gasteiger partial charge on any atom is -0.330 e. The lowest BCUT2D eigenvalue weighted by Gasteiger charge is -2.01. The Morgan fingerprint density at radius 3 is 1.12 bits per heavy atom. The molecular weight excluding hydrogens is 302 g/mol. The van der Waals surface area contributed by atoms with Gasteiger partial charge < -0.3 is 5.73 Å². The van der Waals surface area contributed by atoms with Crippen LogP contribution >= 0.6 is 0 Å². The average molecular weight is 350 g/mol. The molecule has 0 aliphatic carbocycles. The molecule has 1 heteroatoms. The monoisotopic (exact) mass is 349 g/mol. The highest BCUT2D eigenvalue weighted by Crippen LogP contribution is 2.12. The Morgan fingerprint density at radius 2 is 0.760 bits per heavy atom. The van der Waals surface area contributed by atoms with Crippen LogP contribution in [0.25, 0.3) is 0 Å². The topological polar surface area (TPSA) is 26.0 Å². The van der Waals surface area contributed by atoms with Crippen molar-refractivity contribution in [3.63, 3.8) is 0 Å². The van der Waals surface area contributed by atoms with Crippen molar-refractivity contribution in [3.05, 3.63) is 24.3 Å². The van der Waals surface area contributed by atoms with Gasteiger partial charge in [0, 0.05) is 0 Å². The second-order valence-electron chi connectivity index (χ2n) is 7.48. The van der Waals surface area contributed by atoms with E-state index in [1.807, 2.05) is 0 Å². The second kappa shape index (κ2) is 23.4. The zero-order chi connectivity index (χ0) is 18.3. The molecule has 0 saturated carbocycles. The van der Waals surface area contributed by atoms with E-state index in [0.29, 0.717) is 0 Å². The Labute approximate surface area is 159 Å². The maximum Gasteiger partial charge on any atom is -0.00772 e. The summed E-state index contributed by atoms with van der Waals surface area (Å²) in [5.74, 6) is 0. The fraction of sp³-hybridized carbons (Fsp3) is 0.833. The van der Waals surface area contributed by atoms with E-state index in [4.69, 9.17) is 5.73 Å². The normalized spacial score (nSPS) is 11.9. The van der Waals surface area contributed by atoms with Crippen LogP contribution < -0.4 is 5.73 Å². The largest absolute Gasteiger partial charge is 0.330 e. The lowest BCUT2D eigenvalue weighted by Crippen LogP contribution is -1.96. The van der Waals surface area contributed by atoms with Gasteiger partial charge in [0.15, 0.2) is 0 Å². The molecule has 0 heterocycles. The third kappa shape index (κ3) is 23.4. The lowest BCUT2D eigenvalue weighted by atomic mass is 10.1. The molecule has 1 nitrogen and oxygen atoms in total. The maximum atomic E-state index is 5.49. The van der Waals surface area contributed by atoms with Gasteiger partial charge in [-0.2, -0.15) is 0 Å². The van der Waals surface area contributed by atoms with Crippen LogP contribution in [0.5, 0.6) is 0 Å². The number of nitrogens with two attached hydrogens (primary N) is 1. The zero-order valence-electron chi connectivity index (χ0n) is 17.3. The summed E-state index contributed by atoms with van der Waals surface area (Å²) in [5.41, 5.74) is 5.49. The molecule has 0 aromatic rings. The molecule has 0 aromatic carbocycles. The number of hydrogen-bond acceptors (Lipinski definition) is 1. The van der Waals surface area contributed by atoms with Gasteiger partial charge in [0.05, 0.1) is 0 Å². The van der Waals surface area contributed by atoms with Crippen LogP contribution in [0.15, 0.2) is 24.3 Å². The number of allylic oxidation sites excluding steroid dienone is 4. The first-order chi connectivity index (χ1) is 12.4. The van der Waals surface area contributed by atoms with Crippen LogP contribution in [0.1, 0.15) is 122 Å². The third-order valence-electron chi connectivity index (χ3n) is 4.87. The molecule has 0 aliphatic rings. The molecule has 0 radical (unpaired) electrons. The highest BCUT2D eigenvalue weighted by molar-refractivity contribution is 4.81. The van der Waals surface area contributed by atoms with E-state index in [1.54, 1.807) is 0 Å². The number of hydrogen-bond donors (Lipinski definition) is 1. The predicted molar refractivity (Wildman–Crippen MR) is 116 cm³/mol. The molecule has 0 amide bonds. The second-order valence-corrected chi connectivity index (χ2v) is 7.48. The van der Waals surface area contributed by atoms with E-state index in [2.05, 4.69) is 31.2 Å². The van der Waals surface area contributed by atoms with Gasteiger partial charge in [-0.15, -0.1) is 0 Å². The van der Waals surface area contributed by atoms with Gasteiger partial charge in [0.25, 0.3) is 0 Å². The van der Waals surface area contributed by atoms with E-state index >= 15 is 0 Å². The molecular formula is C24H47N. The number of rotatable bonds is 20. The Kier molecular flexibility index (Phi) is 22.9. The van der Waals surface area contributed by atoms with Crippen LogP contribution in [0.4, 0.5) is 0 Å². The van der Waals surface area contributed by atoms with Crippen molar-refractivity contribution in [2.75, 3.05) is 6.54 Å². The van der Waals surface area contributed by atoms with E-state index in [-0.39, 0.29) is 0 Å². The van der Waals surface area contributed by atoms with Gasteiger partial charge in [-0.05, 0) is 64.3 Å². The van der Waals surface area contributed by atoms with Crippen LogP contribution in [0, 0.1) is 0 Å². The van der Waals surface area contributed by atoms with Crippen molar-refractivity contribution in [2.24, 2.45) is 5.73 Å². The van der Waals surface area contributed by atoms with E-state index in [0.717, 1.165) is 6.54 Å². The van der Waals surface area contributed by atoms with Crippen LogP contribution in [0.3, 0.4) is 0 Å². The fourth-order valence-corrected chi connectivity index (χ4v) is 3.15. The minimum absolute atomic E-state index is 0.837. The molecule has 25 heavy (non-hydrogen) atoms. The van der Waals surface area contributed by atoms with Gasteiger partial charge >= 0.3 is 0 Å². The molecule has 0 fully saturated rings. The van der Waals surface area contributed by atoms with Gasteiger partial charge in [-0.3, -0.25) is 0 Å². The molecule has 0 atom stereocenters. The maximum absolute atomic E-state index is 5.49. The average Bonchev–Trinajstić information content (AvgIpc) is 2.63. The fourth-order valence-electron chi connectivity index (χ4n) is 3.15. The van der Waals surface area contributed by atoms with E-state index in [1.165, 1.54) is 116 Å². The quantitative estimate of drug-likeness (QED) is 0.174. The van der Waals surface area contributed by atoms with Crippen molar-refractivity contribution in [2.45, 2.75) is 122 Å². The first kappa shape index (κ1) is 24.4. The first-order valence-electron chi connectivity index (χ1n) is 11.4. The molecule has 0 spiro atoms. The van der Waals surface area contributed by atoms with Crippen LogP contribution in [-0.4, -0.2) is 6.54 Å². The molecule has 0 bridgehead atoms. The van der Waals surface area contributed by atoms with Gasteiger partial charge in [0.2, 0.25) is 0 Å². The standard InChI is InChI=1S/C24H47N/c1-2-3-4-5-6-7-8-9-10-11-12-13-14-15-16-17-18-19-20-21-22-23-24-25/h6-7,19-20H,2-5,8-18,21-25H2,1H3. The van der Waals surface area contributed by atoms with Crippen molar-refractivity contribution in [3.8, 4) is 0 Å². The molecule has 2 N–H and O–H groups in total. The molecule has 0 saturated heterocycles. The Bertz CT molecular complexity index is 252. The van der Waals surface area contributed by atoms with Gasteiger partial charge in [-0.25, -0.2) is 0 Å². The Balaban J connectivity index is 3.07. The highest BCUT2D eigenvalue weighted by Gasteiger charge is 1.92. The zero-order valence-corrected chi connectivity index (χ0v) is 17.3. The Hall–Kier alpha value is -0.560. The summed E-state index contributed by atoms with van der Waals surface area (Å²) in [6, 6.07) is 0. The molecule has 0 aromatic heterocycles. The SMILES string of the molecule is CCCCCC=CCCCCCCCCCCCC=CCCCCN. The van der Waals surface area contributed by atoms with Crippen molar-refractivity contribution < 1.29 is 0 Å². The molecule has 0 aliphatic heterocycles. The van der Waals surface area contributed by atoms with Crippen molar-refractivity contribution >= 4 is 0 Å². The summed E-state index contributed by atoms with van der Waals surface area (Å²) in [6.07, 6.45) is 33.9. The van der Waals surface area contributed by atoms with Gasteiger partial charge in [0.1, 0.15) is 0 Å². The van der Waals surface area contributed by atoms with Crippen molar-refractivity contribution in [1.29, 1.82) is 0 Å². The molecule has 0 unspecified atom stereocenters. The Morgan fingerprint density at radius 1 is 0.440 bits per heavy atom. The van der Waals surface area contributed by atoms with Crippen molar-refractivity contribution in [1.82, 2.24) is 0 Å². The lowest BCUT2D eigenvalue weighted by molar-refractivity contribution is 0.561. The summed E-state index contributed by atoms with van der Waals surface area (Å²) < 4.78 is 0. The summed E-state index contributed by atoms with van der Waals surface area (Å²) in [4.78, 5) is 0. The van der Waals surface area contributed by atoms with Crippen LogP contribution in [-0.2, 0) is 0 Å². The highest BCUT2D eigenvalue weighted by atomic mass is 14.5.